The van der Waals surface area contributed by atoms with Crippen LogP contribution in [0.4, 0.5) is 8.78 Å². The van der Waals surface area contributed by atoms with Gasteiger partial charge >= 0.3 is 0 Å². The summed E-state index contributed by atoms with van der Waals surface area (Å²) in [5, 5.41) is 2.71. The highest BCUT2D eigenvalue weighted by atomic mass is 79.9. The van der Waals surface area contributed by atoms with Crippen LogP contribution in [0.5, 0.6) is 5.75 Å². The minimum Gasteiger partial charge on any atom is -0.496 e. The van der Waals surface area contributed by atoms with Gasteiger partial charge in [0.05, 0.1) is 18.1 Å². The summed E-state index contributed by atoms with van der Waals surface area (Å²) in [4.78, 5) is 0. The van der Waals surface area contributed by atoms with Gasteiger partial charge in [-0.15, -0.1) is 0 Å². The van der Waals surface area contributed by atoms with Crippen molar-refractivity contribution in [1.29, 1.82) is 0 Å². The first-order chi connectivity index (χ1) is 8.08. The zero-order valence-corrected chi connectivity index (χ0v) is 11.0. The highest BCUT2D eigenvalue weighted by Crippen LogP contribution is 2.27. The van der Waals surface area contributed by atoms with E-state index < -0.39 is 6.43 Å². The molecule has 3 N–H and O–H groups in total. The molecule has 0 aromatic heterocycles. The maximum absolute atomic E-state index is 12.1. The van der Waals surface area contributed by atoms with Crippen molar-refractivity contribution in [2.24, 2.45) is 5.73 Å². The molecule has 0 aliphatic carbocycles. The third-order valence-electron chi connectivity index (χ3n) is 2.33. The SMILES string of the molecule is COc1ccc(C(CN)NCC(F)F)cc1Br. The molecule has 0 aliphatic heterocycles. The highest BCUT2D eigenvalue weighted by molar-refractivity contribution is 9.10. The Labute approximate surface area is 107 Å². The molecule has 1 rings (SSSR count). The standard InChI is InChI=1S/C11H15BrF2N2O/c1-17-10-3-2-7(4-8(10)12)9(5-15)16-6-11(13)14/h2-4,9,11,16H,5-6,15H2,1H3. The lowest BCUT2D eigenvalue weighted by atomic mass is 10.1. The fourth-order valence-electron chi connectivity index (χ4n) is 1.47. The van der Waals surface area contributed by atoms with Crippen LogP contribution < -0.4 is 15.8 Å². The van der Waals surface area contributed by atoms with Crippen LogP contribution >= 0.6 is 15.9 Å². The maximum Gasteiger partial charge on any atom is 0.250 e. The summed E-state index contributed by atoms with van der Waals surface area (Å²) in [7, 11) is 1.56. The number of nitrogens with two attached hydrogens (primary N) is 1. The van der Waals surface area contributed by atoms with E-state index >= 15 is 0 Å². The Hall–Kier alpha value is -0.720. The fourth-order valence-corrected chi connectivity index (χ4v) is 2.03. The van der Waals surface area contributed by atoms with E-state index in [0.29, 0.717) is 5.75 Å². The van der Waals surface area contributed by atoms with Gasteiger partial charge in [0.15, 0.2) is 0 Å². The number of ether oxygens (including phenoxy) is 1. The van der Waals surface area contributed by atoms with Crippen LogP contribution in [0.3, 0.4) is 0 Å². The predicted molar refractivity (Wildman–Crippen MR) is 66.5 cm³/mol. The van der Waals surface area contributed by atoms with Gasteiger partial charge in [0.2, 0.25) is 0 Å². The molecule has 17 heavy (non-hydrogen) atoms. The van der Waals surface area contributed by atoms with Gasteiger partial charge in [-0.25, -0.2) is 8.78 Å². The number of nitrogens with one attached hydrogen (secondary N) is 1. The minimum absolute atomic E-state index is 0.255. The summed E-state index contributed by atoms with van der Waals surface area (Å²) in [6, 6.07) is 5.10. The predicted octanol–water partition coefficient (Wildman–Crippen LogP) is 2.31. The molecule has 0 amide bonds. The average molecular weight is 309 g/mol. The van der Waals surface area contributed by atoms with Crippen LogP contribution in [0.1, 0.15) is 11.6 Å². The fraction of sp³-hybridized carbons (Fsp3) is 0.455. The third kappa shape index (κ3) is 4.22. The molecule has 1 aromatic carbocycles. The van der Waals surface area contributed by atoms with Gasteiger partial charge in [-0.1, -0.05) is 6.07 Å². The van der Waals surface area contributed by atoms with Crippen molar-refractivity contribution in [3.8, 4) is 5.75 Å². The summed E-state index contributed by atoms with van der Waals surface area (Å²) >= 11 is 3.34. The number of benzene rings is 1. The van der Waals surface area contributed by atoms with E-state index in [0.717, 1.165) is 10.0 Å². The van der Waals surface area contributed by atoms with Crippen molar-refractivity contribution < 1.29 is 13.5 Å². The van der Waals surface area contributed by atoms with Crippen molar-refractivity contribution in [3.05, 3.63) is 28.2 Å². The molecule has 0 saturated heterocycles. The van der Waals surface area contributed by atoms with Crippen molar-refractivity contribution in [2.75, 3.05) is 20.2 Å². The molecule has 0 spiro atoms. The van der Waals surface area contributed by atoms with E-state index in [9.17, 15) is 8.78 Å². The second-order valence-corrected chi connectivity index (χ2v) is 4.34. The molecule has 0 aliphatic rings. The second-order valence-electron chi connectivity index (χ2n) is 3.48. The van der Waals surface area contributed by atoms with Crippen LogP contribution in [-0.2, 0) is 0 Å². The Balaban J connectivity index is 2.78. The largest absolute Gasteiger partial charge is 0.496 e. The Bertz CT molecular complexity index is 363. The Kier molecular flexibility index (Phi) is 5.80. The monoisotopic (exact) mass is 308 g/mol. The van der Waals surface area contributed by atoms with E-state index in [1.54, 1.807) is 19.2 Å². The lowest BCUT2D eigenvalue weighted by Gasteiger charge is -2.18. The first-order valence-electron chi connectivity index (χ1n) is 5.13. The normalized spacial score (nSPS) is 12.8. The van der Waals surface area contributed by atoms with Gasteiger partial charge in [-0.05, 0) is 33.6 Å². The molecule has 1 aromatic rings. The van der Waals surface area contributed by atoms with E-state index in [-0.39, 0.29) is 19.1 Å². The van der Waals surface area contributed by atoms with Gasteiger partial charge in [-0.2, -0.15) is 0 Å². The van der Waals surface area contributed by atoms with E-state index in [2.05, 4.69) is 21.2 Å². The minimum atomic E-state index is -2.38. The molecular weight excluding hydrogens is 294 g/mol. The molecule has 96 valence electrons. The first-order valence-corrected chi connectivity index (χ1v) is 5.92. The van der Waals surface area contributed by atoms with Crippen LogP contribution in [0.25, 0.3) is 0 Å². The van der Waals surface area contributed by atoms with E-state index in [4.69, 9.17) is 10.5 Å². The van der Waals surface area contributed by atoms with Crippen molar-refractivity contribution in [3.63, 3.8) is 0 Å². The third-order valence-corrected chi connectivity index (χ3v) is 2.95. The molecule has 0 saturated carbocycles. The molecule has 0 fully saturated rings. The van der Waals surface area contributed by atoms with Crippen molar-refractivity contribution in [2.45, 2.75) is 12.5 Å². The molecule has 0 bridgehead atoms. The summed E-state index contributed by atoms with van der Waals surface area (Å²) < 4.78 is 30.1. The van der Waals surface area contributed by atoms with Crippen LogP contribution in [0.15, 0.2) is 22.7 Å². The lowest BCUT2D eigenvalue weighted by molar-refractivity contribution is 0.141. The van der Waals surface area contributed by atoms with Gasteiger partial charge in [0.25, 0.3) is 6.43 Å². The number of hydrogen-bond donors (Lipinski definition) is 2. The Morgan fingerprint density at radius 2 is 2.18 bits per heavy atom. The van der Waals surface area contributed by atoms with Gasteiger partial charge in [0.1, 0.15) is 5.75 Å². The smallest absolute Gasteiger partial charge is 0.250 e. The van der Waals surface area contributed by atoms with Gasteiger partial charge in [-0.3, -0.25) is 0 Å². The van der Waals surface area contributed by atoms with Crippen LogP contribution in [0.2, 0.25) is 0 Å². The quantitative estimate of drug-likeness (QED) is 0.848. The average Bonchev–Trinajstić information content (AvgIpc) is 2.29. The van der Waals surface area contributed by atoms with Crippen LogP contribution in [0, 0.1) is 0 Å². The highest BCUT2D eigenvalue weighted by Gasteiger charge is 2.13. The topological polar surface area (TPSA) is 47.3 Å². The maximum atomic E-state index is 12.1. The molecule has 3 nitrogen and oxygen atoms in total. The molecule has 6 heteroatoms. The number of alkyl halides is 2. The van der Waals surface area contributed by atoms with Crippen molar-refractivity contribution in [1.82, 2.24) is 5.32 Å². The van der Waals surface area contributed by atoms with Crippen LogP contribution in [-0.4, -0.2) is 26.6 Å². The van der Waals surface area contributed by atoms with E-state index in [1.165, 1.54) is 0 Å². The Morgan fingerprint density at radius 3 is 2.65 bits per heavy atom. The number of halogens is 3. The van der Waals surface area contributed by atoms with Gasteiger partial charge < -0.3 is 15.8 Å². The lowest BCUT2D eigenvalue weighted by Crippen LogP contribution is -2.31. The molecule has 1 atom stereocenters. The summed E-state index contributed by atoms with van der Waals surface area (Å²) in [6.45, 7) is -0.114. The zero-order chi connectivity index (χ0) is 12.8. The van der Waals surface area contributed by atoms with Gasteiger partial charge in [0, 0.05) is 12.6 Å². The first kappa shape index (κ1) is 14.3. The number of methoxy groups -OCH3 is 1. The summed E-state index contributed by atoms with van der Waals surface area (Å²) in [5.41, 5.74) is 6.41. The van der Waals surface area contributed by atoms with E-state index in [1.807, 2.05) is 6.07 Å². The summed E-state index contributed by atoms with van der Waals surface area (Å²) in [6.07, 6.45) is -2.38. The number of rotatable bonds is 6. The zero-order valence-electron chi connectivity index (χ0n) is 9.42. The molecular formula is C11H15BrF2N2O. The second kappa shape index (κ2) is 6.88. The molecule has 1 unspecified atom stereocenters. The van der Waals surface area contributed by atoms with Crippen molar-refractivity contribution >= 4 is 15.9 Å². The number of hydrogen-bond acceptors (Lipinski definition) is 3. The summed E-state index contributed by atoms with van der Waals surface area (Å²) in [5.74, 6) is 0.693. The Morgan fingerprint density at radius 1 is 1.47 bits per heavy atom. The molecule has 0 radical (unpaired) electrons. The molecule has 0 heterocycles.